The molecule has 0 unspecified atom stereocenters. The highest BCUT2D eigenvalue weighted by Gasteiger charge is 2.33. The van der Waals surface area contributed by atoms with Crippen molar-refractivity contribution in [2.24, 2.45) is 0 Å². The topological polar surface area (TPSA) is 81.1 Å². The molecule has 7 heteroatoms. The molecule has 2 N–H and O–H groups in total. The molecule has 0 saturated heterocycles. The smallest absolute Gasteiger partial charge is 0.255 e. The Morgan fingerprint density at radius 3 is 2.67 bits per heavy atom. The van der Waals surface area contributed by atoms with Gasteiger partial charge in [-0.2, -0.15) is 10.1 Å². The summed E-state index contributed by atoms with van der Waals surface area (Å²) in [5.74, 6) is 1.24. The van der Waals surface area contributed by atoms with Crippen molar-refractivity contribution in [1.82, 2.24) is 14.8 Å². The molecule has 0 radical (unpaired) electrons. The van der Waals surface area contributed by atoms with E-state index in [1.165, 1.54) is 6.33 Å². The largest absolute Gasteiger partial charge is 0.494 e. The zero-order chi connectivity index (χ0) is 20.9. The molecule has 7 nitrogen and oxygen atoms in total. The Morgan fingerprint density at radius 1 is 1.17 bits per heavy atom. The molecule has 30 heavy (non-hydrogen) atoms. The Hall–Kier alpha value is -3.61. The van der Waals surface area contributed by atoms with Crippen LogP contribution in [0.15, 0.2) is 72.2 Å². The molecule has 0 aliphatic carbocycles. The van der Waals surface area contributed by atoms with E-state index in [1.54, 1.807) is 4.68 Å². The SMILES string of the molecule is CCCCOc1ccc([C@@H]2C(C(=O)Nc3ccccc3)=C(C)Nc3ncnn32)cc1. The van der Waals surface area contributed by atoms with E-state index in [1.807, 2.05) is 61.5 Å². The molecule has 1 amide bonds. The average molecular weight is 403 g/mol. The van der Waals surface area contributed by atoms with Crippen LogP contribution in [0.1, 0.15) is 38.3 Å². The van der Waals surface area contributed by atoms with Gasteiger partial charge in [0, 0.05) is 11.4 Å². The number of hydrogen-bond acceptors (Lipinski definition) is 5. The fourth-order valence-corrected chi connectivity index (χ4v) is 3.49. The summed E-state index contributed by atoms with van der Waals surface area (Å²) in [6.07, 6.45) is 3.60. The van der Waals surface area contributed by atoms with Gasteiger partial charge in [-0.25, -0.2) is 4.68 Å². The summed E-state index contributed by atoms with van der Waals surface area (Å²) in [6, 6.07) is 16.9. The van der Waals surface area contributed by atoms with Crippen molar-refractivity contribution >= 4 is 17.5 Å². The second-order valence-electron chi connectivity index (χ2n) is 7.19. The van der Waals surface area contributed by atoms with Gasteiger partial charge in [0.1, 0.15) is 18.1 Å². The van der Waals surface area contributed by atoms with E-state index in [4.69, 9.17) is 4.74 Å². The minimum absolute atomic E-state index is 0.180. The molecule has 0 fully saturated rings. The number of fused-ring (bicyclic) bond motifs is 1. The molecule has 0 spiro atoms. The highest BCUT2D eigenvalue weighted by Crippen LogP contribution is 2.35. The van der Waals surface area contributed by atoms with Crippen molar-refractivity contribution in [2.75, 3.05) is 17.2 Å². The number of amides is 1. The highest BCUT2D eigenvalue weighted by atomic mass is 16.5. The first-order valence-electron chi connectivity index (χ1n) is 10.1. The number of rotatable bonds is 7. The monoisotopic (exact) mass is 403 g/mol. The molecule has 2 heterocycles. The van der Waals surface area contributed by atoms with Gasteiger partial charge in [0.15, 0.2) is 0 Å². The third-order valence-corrected chi connectivity index (χ3v) is 5.03. The summed E-state index contributed by atoms with van der Waals surface area (Å²) in [6.45, 7) is 4.71. The van der Waals surface area contributed by atoms with Gasteiger partial charge < -0.3 is 15.4 Å². The standard InChI is InChI=1S/C23H25N5O2/c1-3-4-14-30-19-12-10-17(11-13-19)21-20(16(2)26-23-24-15-25-28(21)23)22(29)27-18-8-6-5-7-9-18/h5-13,15,21H,3-4,14H2,1-2H3,(H,27,29)(H,24,25,26)/t21-/m1/s1. The summed E-state index contributed by atoms with van der Waals surface area (Å²) < 4.78 is 7.52. The van der Waals surface area contributed by atoms with Crippen LogP contribution in [0, 0.1) is 0 Å². The molecule has 1 aliphatic heterocycles. The fourth-order valence-electron chi connectivity index (χ4n) is 3.49. The molecule has 2 aromatic carbocycles. The van der Waals surface area contributed by atoms with Crippen molar-refractivity contribution in [3.63, 3.8) is 0 Å². The molecular formula is C23H25N5O2. The quantitative estimate of drug-likeness (QED) is 0.572. The van der Waals surface area contributed by atoms with Crippen LogP contribution in [0.4, 0.5) is 11.6 Å². The molecule has 1 aromatic heterocycles. The van der Waals surface area contributed by atoms with Gasteiger partial charge in [-0.15, -0.1) is 0 Å². The summed E-state index contributed by atoms with van der Waals surface area (Å²) >= 11 is 0. The third kappa shape index (κ3) is 4.05. The lowest BCUT2D eigenvalue weighted by molar-refractivity contribution is -0.113. The lowest BCUT2D eigenvalue weighted by Crippen LogP contribution is -2.31. The lowest BCUT2D eigenvalue weighted by atomic mass is 9.95. The molecule has 1 atom stereocenters. The van der Waals surface area contributed by atoms with E-state index in [9.17, 15) is 4.79 Å². The number of ether oxygens (including phenoxy) is 1. The molecule has 0 saturated carbocycles. The predicted octanol–water partition coefficient (Wildman–Crippen LogP) is 4.38. The summed E-state index contributed by atoms with van der Waals surface area (Å²) in [5.41, 5.74) is 3.02. The Morgan fingerprint density at radius 2 is 1.93 bits per heavy atom. The Balaban J connectivity index is 1.65. The Bertz CT molecular complexity index is 1040. The van der Waals surface area contributed by atoms with Crippen LogP contribution in [0.2, 0.25) is 0 Å². The van der Waals surface area contributed by atoms with E-state index in [0.717, 1.165) is 35.5 Å². The van der Waals surface area contributed by atoms with Crippen molar-refractivity contribution in [3.8, 4) is 5.75 Å². The van der Waals surface area contributed by atoms with Crippen molar-refractivity contribution in [1.29, 1.82) is 0 Å². The minimum atomic E-state index is -0.392. The van der Waals surface area contributed by atoms with Crippen molar-refractivity contribution in [2.45, 2.75) is 32.7 Å². The van der Waals surface area contributed by atoms with Gasteiger partial charge in [-0.05, 0) is 43.2 Å². The number of carbonyl (C=O) groups is 1. The maximum Gasteiger partial charge on any atom is 0.255 e. The zero-order valence-corrected chi connectivity index (χ0v) is 17.1. The number of nitrogens with zero attached hydrogens (tertiary/aromatic N) is 3. The zero-order valence-electron chi connectivity index (χ0n) is 17.1. The van der Waals surface area contributed by atoms with Crippen molar-refractivity contribution < 1.29 is 9.53 Å². The number of para-hydroxylation sites is 1. The molecular weight excluding hydrogens is 378 g/mol. The molecule has 3 aromatic rings. The Labute approximate surface area is 175 Å². The van der Waals surface area contributed by atoms with E-state index in [-0.39, 0.29) is 5.91 Å². The number of allylic oxidation sites excluding steroid dienone is 1. The van der Waals surface area contributed by atoms with Gasteiger partial charge in [-0.1, -0.05) is 43.7 Å². The maximum absolute atomic E-state index is 13.2. The summed E-state index contributed by atoms with van der Waals surface area (Å²) in [4.78, 5) is 17.5. The fraction of sp³-hybridized carbons (Fsp3) is 0.261. The predicted molar refractivity (Wildman–Crippen MR) is 116 cm³/mol. The first-order valence-corrected chi connectivity index (χ1v) is 10.1. The first kappa shape index (κ1) is 19.7. The minimum Gasteiger partial charge on any atom is -0.494 e. The molecule has 154 valence electrons. The number of carbonyl (C=O) groups excluding carboxylic acids is 1. The highest BCUT2D eigenvalue weighted by molar-refractivity contribution is 6.06. The van der Waals surface area contributed by atoms with Crippen LogP contribution in [0.5, 0.6) is 5.75 Å². The number of anilines is 2. The van der Waals surface area contributed by atoms with Crippen LogP contribution in [0.25, 0.3) is 0 Å². The molecule has 1 aliphatic rings. The number of nitrogens with one attached hydrogen (secondary N) is 2. The van der Waals surface area contributed by atoms with Gasteiger partial charge in [0.05, 0.1) is 12.2 Å². The molecule has 0 bridgehead atoms. The average Bonchev–Trinajstić information content (AvgIpc) is 3.22. The Kier molecular flexibility index (Phi) is 5.79. The summed E-state index contributed by atoms with van der Waals surface area (Å²) in [5, 5.41) is 10.5. The van der Waals surface area contributed by atoms with Crippen LogP contribution in [-0.4, -0.2) is 27.3 Å². The van der Waals surface area contributed by atoms with Gasteiger partial charge in [0.25, 0.3) is 5.91 Å². The number of unbranched alkanes of at least 4 members (excludes halogenated alkanes) is 1. The first-order chi connectivity index (χ1) is 14.7. The normalized spacial score (nSPS) is 15.3. The second-order valence-corrected chi connectivity index (χ2v) is 7.19. The van der Waals surface area contributed by atoms with Crippen LogP contribution in [-0.2, 0) is 4.79 Å². The van der Waals surface area contributed by atoms with Gasteiger partial charge in [-0.3, -0.25) is 4.79 Å². The second kappa shape index (κ2) is 8.82. The summed E-state index contributed by atoms with van der Waals surface area (Å²) in [7, 11) is 0. The van der Waals surface area contributed by atoms with Crippen molar-refractivity contribution in [3.05, 3.63) is 77.8 Å². The van der Waals surface area contributed by atoms with Crippen LogP contribution >= 0.6 is 0 Å². The van der Waals surface area contributed by atoms with Gasteiger partial charge in [0.2, 0.25) is 5.95 Å². The molecule has 4 rings (SSSR count). The third-order valence-electron chi connectivity index (χ3n) is 5.03. The number of hydrogen-bond donors (Lipinski definition) is 2. The maximum atomic E-state index is 13.2. The lowest BCUT2D eigenvalue weighted by Gasteiger charge is -2.28. The number of benzene rings is 2. The number of aromatic nitrogens is 3. The van der Waals surface area contributed by atoms with E-state index >= 15 is 0 Å². The van der Waals surface area contributed by atoms with Gasteiger partial charge >= 0.3 is 0 Å². The van der Waals surface area contributed by atoms with E-state index in [2.05, 4.69) is 27.6 Å². The van der Waals surface area contributed by atoms with Crippen LogP contribution < -0.4 is 15.4 Å². The van der Waals surface area contributed by atoms with Crippen LogP contribution in [0.3, 0.4) is 0 Å². The van der Waals surface area contributed by atoms with E-state index in [0.29, 0.717) is 18.1 Å². The van der Waals surface area contributed by atoms with E-state index < -0.39 is 6.04 Å².